The molecule has 0 aliphatic rings. The van der Waals surface area contributed by atoms with Crippen LogP contribution < -0.4 is 4.74 Å². The number of hydrogen-bond donors (Lipinski definition) is 1. The average Bonchev–Trinajstić information content (AvgIpc) is 2.41. The third-order valence-electron chi connectivity index (χ3n) is 2.85. The largest absolute Gasteiger partial charge is 0.455 e. The summed E-state index contributed by atoms with van der Waals surface area (Å²) in [6.45, 7) is 4.17. The van der Waals surface area contributed by atoms with Crippen molar-refractivity contribution in [2.45, 2.75) is 26.4 Å². The third-order valence-corrected chi connectivity index (χ3v) is 3.35. The van der Waals surface area contributed by atoms with Crippen molar-refractivity contribution in [2.24, 2.45) is 0 Å². The average molecular weight is 322 g/mol. The molecule has 2 rings (SSSR count). The highest BCUT2D eigenvalue weighted by Gasteiger charge is 2.11. The highest BCUT2D eigenvalue weighted by Crippen LogP contribution is 2.33. The van der Waals surface area contributed by atoms with Crippen LogP contribution in [0.15, 0.2) is 41.1 Å². The molecule has 100 valence electrons. The van der Waals surface area contributed by atoms with Gasteiger partial charge in [-0.2, -0.15) is 0 Å². The van der Waals surface area contributed by atoms with Crippen LogP contribution in [0.4, 0.5) is 0 Å². The number of hydrogen-bond acceptors (Lipinski definition) is 3. The Hall–Kier alpha value is -1.39. The van der Waals surface area contributed by atoms with Crippen molar-refractivity contribution in [3.8, 4) is 11.5 Å². The van der Waals surface area contributed by atoms with Gasteiger partial charge in [-0.3, -0.25) is 4.98 Å². The van der Waals surface area contributed by atoms with E-state index in [9.17, 15) is 5.11 Å². The van der Waals surface area contributed by atoms with Gasteiger partial charge in [-0.15, -0.1) is 0 Å². The summed E-state index contributed by atoms with van der Waals surface area (Å²) in [5.41, 5.74) is 1.84. The molecule has 19 heavy (non-hydrogen) atoms. The fourth-order valence-corrected chi connectivity index (χ4v) is 2.19. The van der Waals surface area contributed by atoms with Crippen LogP contribution >= 0.6 is 15.9 Å². The van der Waals surface area contributed by atoms with Crippen LogP contribution in [0.5, 0.6) is 11.5 Å². The monoisotopic (exact) mass is 321 g/mol. The molecule has 1 aromatic heterocycles. The molecule has 0 aliphatic heterocycles. The molecule has 0 radical (unpaired) electrons. The molecule has 1 aromatic carbocycles. The van der Waals surface area contributed by atoms with Crippen LogP contribution in [-0.2, 0) is 6.61 Å². The Labute approximate surface area is 121 Å². The molecule has 0 spiro atoms. The predicted octanol–water partition coefficient (Wildman–Crippen LogP) is 4.25. The first-order valence-electron chi connectivity index (χ1n) is 6.13. The van der Waals surface area contributed by atoms with E-state index in [0.29, 0.717) is 11.7 Å². The van der Waals surface area contributed by atoms with E-state index in [0.717, 1.165) is 21.3 Å². The number of rotatable bonds is 4. The molecule has 3 nitrogen and oxygen atoms in total. The lowest BCUT2D eigenvalue weighted by Crippen LogP contribution is -1.97. The van der Waals surface area contributed by atoms with E-state index < -0.39 is 0 Å². The summed E-state index contributed by atoms with van der Waals surface area (Å²) >= 11 is 3.47. The number of ether oxygens (including phenoxy) is 1. The van der Waals surface area contributed by atoms with E-state index in [1.54, 1.807) is 18.5 Å². The Morgan fingerprint density at radius 1 is 1.26 bits per heavy atom. The first kappa shape index (κ1) is 14.0. The molecule has 4 heteroatoms. The number of benzene rings is 1. The number of aliphatic hydroxyl groups excluding tert-OH is 1. The Morgan fingerprint density at radius 3 is 2.74 bits per heavy atom. The summed E-state index contributed by atoms with van der Waals surface area (Å²) < 4.78 is 6.93. The van der Waals surface area contributed by atoms with E-state index in [2.05, 4.69) is 40.8 Å². The topological polar surface area (TPSA) is 42.4 Å². The first-order chi connectivity index (χ1) is 9.11. The van der Waals surface area contributed by atoms with Gasteiger partial charge in [0.25, 0.3) is 0 Å². The van der Waals surface area contributed by atoms with Gasteiger partial charge in [-0.1, -0.05) is 29.8 Å². The zero-order valence-electron chi connectivity index (χ0n) is 10.9. The molecule has 1 heterocycles. The maximum atomic E-state index is 9.30. The van der Waals surface area contributed by atoms with Crippen LogP contribution in [0.2, 0.25) is 0 Å². The van der Waals surface area contributed by atoms with Crippen molar-refractivity contribution in [2.75, 3.05) is 0 Å². The molecular formula is C15H16BrNO2. The lowest BCUT2D eigenvalue weighted by molar-refractivity contribution is 0.276. The second-order valence-corrected chi connectivity index (χ2v) is 5.50. The SMILES string of the molecule is CC(C)c1cc(Br)ccc1Oc1cnccc1CO. The van der Waals surface area contributed by atoms with Crippen LogP contribution in [0.3, 0.4) is 0 Å². The lowest BCUT2D eigenvalue weighted by Gasteiger charge is -2.15. The lowest BCUT2D eigenvalue weighted by atomic mass is 10.0. The molecule has 0 amide bonds. The predicted molar refractivity (Wildman–Crippen MR) is 78.5 cm³/mol. The summed E-state index contributed by atoms with van der Waals surface area (Å²) in [4.78, 5) is 4.04. The smallest absolute Gasteiger partial charge is 0.151 e. The van der Waals surface area contributed by atoms with E-state index in [-0.39, 0.29) is 6.61 Å². The van der Waals surface area contributed by atoms with Gasteiger partial charge in [0, 0.05) is 16.2 Å². The van der Waals surface area contributed by atoms with Gasteiger partial charge in [-0.05, 0) is 35.7 Å². The van der Waals surface area contributed by atoms with Gasteiger partial charge in [0.2, 0.25) is 0 Å². The maximum absolute atomic E-state index is 9.30. The standard InChI is InChI=1S/C15H16BrNO2/c1-10(2)13-7-12(16)3-4-14(13)19-15-8-17-6-5-11(15)9-18/h3-8,10,18H,9H2,1-2H3. The van der Waals surface area contributed by atoms with Gasteiger partial charge in [-0.25, -0.2) is 0 Å². The Morgan fingerprint density at radius 2 is 2.05 bits per heavy atom. The summed E-state index contributed by atoms with van der Waals surface area (Å²) in [5, 5.41) is 9.30. The van der Waals surface area contributed by atoms with Crippen LogP contribution in [-0.4, -0.2) is 10.1 Å². The van der Waals surface area contributed by atoms with Crippen molar-refractivity contribution in [3.63, 3.8) is 0 Å². The van der Waals surface area contributed by atoms with E-state index in [1.807, 2.05) is 12.1 Å². The zero-order chi connectivity index (χ0) is 13.8. The van der Waals surface area contributed by atoms with Crippen LogP contribution in [0.1, 0.15) is 30.9 Å². The van der Waals surface area contributed by atoms with Gasteiger partial charge < -0.3 is 9.84 Å². The summed E-state index contributed by atoms with van der Waals surface area (Å²) in [6.07, 6.45) is 3.26. The van der Waals surface area contributed by atoms with E-state index in [1.165, 1.54) is 0 Å². The summed E-state index contributed by atoms with van der Waals surface area (Å²) in [7, 11) is 0. The highest BCUT2D eigenvalue weighted by molar-refractivity contribution is 9.10. The summed E-state index contributed by atoms with van der Waals surface area (Å²) in [6, 6.07) is 7.67. The minimum atomic E-state index is -0.0641. The van der Waals surface area contributed by atoms with Gasteiger partial charge in [0.1, 0.15) is 5.75 Å². The van der Waals surface area contributed by atoms with Crippen molar-refractivity contribution in [1.82, 2.24) is 4.98 Å². The maximum Gasteiger partial charge on any atom is 0.151 e. The quantitative estimate of drug-likeness (QED) is 0.915. The molecule has 0 atom stereocenters. The second-order valence-electron chi connectivity index (χ2n) is 4.58. The van der Waals surface area contributed by atoms with Crippen molar-refractivity contribution in [1.29, 1.82) is 0 Å². The molecule has 1 N–H and O–H groups in total. The zero-order valence-corrected chi connectivity index (χ0v) is 12.5. The molecule has 0 aliphatic carbocycles. The van der Waals surface area contributed by atoms with Crippen LogP contribution in [0, 0.1) is 0 Å². The second kappa shape index (κ2) is 6.17. The molecule has 0 bridgehead atoms. The van der Waals surface area contributed by atoms with Crippen molar-refractivity contribution >= 4 is 15.9 Å². The molecule has 0 saturated heterocycles. The fraction of sp³-hybridized carbons (Fsp3) is 0.267. The number of nitrogens with zero attached hydrogens (tertiary/aromatic N) is 1. The van der Waals surface area contributed by atoms with Crippen molar-refractivity contribution in [3.05, 3.63) is 52.3 Å². The molecule has 0 saturated carbocycles. The number of halogens is 1. The molecular weight excluding hydrogens is 306 g/mol. The minimum absolute atomic E-state index is 0.0641. The van der Waals surface area contributed by atoms with E-state index in [4.69, 9.17) is 4.74 Å². The Bertz CT molecular complexity index is 570. The van der Waals surface area contributed by atoms with Crippen LogP contribution in [0.25, 0.3) is 0 Å². The third kappa shape index (κ3) is 3.33. The number of aliphatic hydroxyl groups is 1. The number of aromatic nitrogens is 1. The molecule has 0 fully saturated rings. The fourth-order valence-electron chi connectivity index (χ4n) is 1.81. The Balaban J connectivity index is 2.38. The Kier molecular flexibility index (Phi) is 4.56. The van der Waals surface area contributed by atoms with E-state index >= 15 is 0 Å². The van der Waals surface area contributed by atoms with Gasteiger partial charge in [0.05, 0.1) is 12.8 Å². The molecule has 0 unspecified atom stereocenters. The number of pyridine rings is 1. The van der Waals surface area contributed by atoms with Gasteiger partial charge in [0.15, 0.2) is 5.75 Å². The van der Waals surface area contributed by atoms with Crippen molar-refractivity contribution < 1.29 is 9.84 Å². The molecule has 2 aromatic rings. The summed E-state index contributed by atoms with van der Waals surface area (Å²) in [5.74, 6) is 1.73. The normalized spacial score (nSPS) is 10.8. The van der Waals surface area contributed by atoms with Gasteiger partial charge >= 0.3 is 0 Å². The first-order valence-corrected chi connectivity index (χ1v) is 6.92. The minimum Gasteiger partial charge on any atom is -0.455 e. The highest BCUT2D eigenvalue weighted by atomic mass is 79.9.